The second-order valence-corrected chi connectivity index (χ2v) is 6.70. The van der Waals surface area contributed by atoms with Gasteiger partial charge < -0.3 is 15.5 Å². The Bertz CT molecular complexity index is 879. The topological polar surface area (TPSA) is 78.5 Å². The molecule has 2 aliphatic heterocycles. The number of likely N-dealkylation sites (tertiary alicyclic amines) is 1. The number of carbonyl (C=O) groups excluding carboxylic acids is 3. The van der Waals surface area contributed by atoms with E-state index in [0.717, 1.165) is 11.1 Å². The predicted octanol–water partition coefficient (Wildman–Crippen LogP) is 1.92. The van der Waals surface area contributed by atoms with Crippen molar-refractivity contribution in [1.29, 1.82) is 0 Å². The monoisotopic (exact) mass is 349 g/mol. The molecule has 4 rings (SSSR count). The predicted molar refractivity (Wildman–Crippen MR) is 96.2 cm³/mol. The first kappa shape index (κ1) is 16.3. The lowest BCUT2D eigenvalue weighted by Gasteiger charge is -2.16. The minimum Gasteiger partial charge on any atom is -0.348 e. The second-order valence-electron chi connectivity index (χ2n) is 6.70. The third-order valence-electron chi connectivity index (χ3n) is 4.86. The number of benzene rings is 2. The first-order valence-electron chi connectivity index (χ1n) is 8.64. The number of rotatable bonds is 4. The van der Waals surface area contributed by atoms with Crippen molar-refractivity contribution >= 4 is 23.4 Å². The van der Waals surface area contributed by atoms with Crippen LogP contribution in [0.15, 0.2) is 48.5 Å². The summed E-state index contributed by atoms with van der Waals surface area (Å²) in [6, 6.07) is 15.1. The summed E-state index contributed by atoms with van der Waals surface area (Å²) in [5.74, 6) is -0.705. The van der Waals surface area contributed by atoms with Gasteiger partial charge in [-0.3, -0.25) is 14.4 Å². The van der Waals surface area contributed by atoms with Crippen LogP contribution in [0.2, 0.25) is 0 Å². The molecule has 0 radical (unpaired) electrons. The average molecular weight is 349 g/mol. The highest BCUT2D eigenvalue weighted by molar-refractivity contribution is 6.01. The Morgan fingerprint density at radius 2 is 1.96 bits per heavy atom. The van der Waals surface area contributed by atoms with Crippen molar-refractivity contribution in [2.45, 2.75) is 19.5 Å². The normalized spacial score (nSPS) is 18.6. The first-order valence-corrected chi connectivity index (χ1v) is 8.64. The third kappa shape index (κ3) is 3.18. The van der Waals surface area contributed by atoms with Crippen LogP contribution in [0, 0.1) is 5.92 Å². The SMILES string of the molecule is O=C1NCc2ccc(NC(=O)C3CC(=O)N(Cc4ccccc4)C3)cc21. The number of hydrogen-bond acceptors (Lipinski definition) is 3. The van der Waals surface area contributed by atoms with Crippen molar-refractivity contribution in [2.24, 2.45) is 5.92 Å². The molecule has 6 nitrogen and oxygen atoms in total. The van der Waals surface area contributed by atoms with Crippen molar-refractivity contribution in [3.8, 4) is 0 Å². The molecule has 3 amide bonds. The van der Waals surface area contributed by atoms with E-state index in [2.05, 4.69) is 10.6 Å². The second kappa shape index (κ2) is 6.63. The molecule has 0 bridgehead atoms. The van der Waals surface area contributed by atoms with Crippen LogP contribution < -0.4 is 10.6 Å². The summed E-state index contributed by atoms with van der Waals surface area (Å²) in [5, 5.41) is 5.59. The number of hydrogen-bond donors (Lipinski definition) is 2. The van der Waals surface area contributed by atoms with Crippen molar-refractivity contribution < 1.29 is 14.4 Å². The van der Waals surface area contributed by atoms with Gasteiger partial charge in [-0.1, -0.05) is 36.4 Å². The number of carbonyl (C=O) groups is 3. The summed E-state index contributed by atoms with van der Waals surface area (Å²) < 4.78 is 0. The van der Waals surface area contributed by atoms with E-state index in [1.165, 1.54) is 0 Å². The summed E-state index contributed by atoms with van der Waals surface area (Å²) in [7, 11) is 0. The number of nitrogens with one attached hydrogen (secondary N) is 2. The van der Waals surface area contributed by atoms with Crippen LogP contribution in [0.25, 0.3) is 0 Å². The lowest BCUT2D eigenvalue weighted by molar-refractivity contribution is -0.128. The van der Waals surface area contributed by atoms with Gasteiger partial charge in [0.25, 0.3) is 5.91 Å². The van der Waals surface area contributed by atoms with Crippen LogP contribution in [0.3, 0.4) is 0 Å². The van der Waals surface area contributed by atoms with Gasteiger partial charge in [0.1, 0.15) is 0 Å². The quantitative estimate of drug-likeness (QED) is 0.885. The zero-order valence-electron chi connectivity index (χ0n) is 14.2. The lowest BCUT2D eigenvalue weighted by atomic mass is 10.1. The van der Waals surface area contributed by atoms with Crippen molar-refractivity contribution in [3.63, 3.8) is 0 Å². The Hall–Kier alpha value is -3.15. The summed E-state index contributed by atoms with van der Waals surface area (Å²) in [5.41, 5.74) is 3.15. The van der Waals surface area contributed by atoms with Crippen LogP contribution in [-0.4, -0.2) is 29.2 Å². The molecule has 6 heteroatoms. The van der Waals surface area contributed by atoms with E-state index in [1.807, 2.05) is 36.4 Å². The maximum absolute atomic E-state index is 12.5. The fourth-order valence-electron chi connectivity index (χ4n) is 3.44. The van der Waals surface area contributed by atoms with Gasteiger partial charge in [0, 0.05) is 37.3 Å². The van der Waals surface area contributed by atoms with Crippen molar-refractivity contribution in [2.75, 3.05) is 11.9 Å². The van der Waals surface area contributed by atoms with Gasteiger partial charge in [0.2, 0.25) is 11.8 Å². The molecule has 1 saturated heterocycles. The highest BCUT2D eigenvalue weighted by Crippen LogP contribution is 2.24. The van der Waals surface area contributed by atoms with E-state index >= 15 is 0 Å². The summed E-state index contributed by atoms with van der Waals surface area (Å²) >= 11 is 0. The van der Waals surface area contributed by atoms with E-state index < -0.39 is 0 Å². The van der Waals surface area contributed by atoms with Crippen LogP contribution in [0.4, 0.5) is 5.69 Å². The molecular formula is C20H19N3O3. The number of anilines is 1. The van der Waals surface area contributed by atoms with E-state index in [0.29, 0.717) is 30.9 Å². The van der Waals surface area contributed by atoms with Crippen LogP contribution in [-0.2, 0) is 22.7 Å². The molecule has 2 N–H and O–H groups in total. The molecule has 0 spiro atoms. The number of nitrogens with zero attached hydrogens (tertiary/aromatic N) is 1. The van der Waals surface area contributed by atoms with Gasteiger partial charge in [-0.2, -0.15) is 0 Å². The standard InChI is InChI=1S/C20H19N3O3/c24-18-8-15(12-23(18)11-13-4-2-1-3-5-13)19(25)22-16-7-6-14-10-21-20(26)17(14)9-16/h1-7,9,15H,8,10-12H2,(H,21,26)(H,22,25). The minimum atomic E-state index is -0.381. The van der Waals surface area contributed by atoms with Gasteiger partial charge in [-0.25, -0.2) is 0 Å². The van der Waals surface area contributed by atoms with E-state index in [9.17, 15) is 14.4 Å². The average Bonchev–Trinajstić information content (AvgIpc) is 3.19. The van der Waals surface area contributed by atoms with E-state index in [1.54, 1.807) is 17.0 Å². The maximum Gasteiger partial charge on any atom is 0.251 e. The summed E-state index contributed by atoms with van der Waals surface area (Å²) in [4.78, 5) is 38.2. The molecule has 2 aromatic carbocycles. The Morgan fingerprint density at radius 3 is 2.77 bits per heavy atom. The fraction of sp³-hybridized carbons (Fsp3) is 0.250. The first-order chi connectivity index (χ1) is 12.6. The number of amides is 3. The van der Waals surface area contributed by atoms with Gasteiger partial charge in [-0.15, -0.1) is 0 Å². The van der Waals surface area contributed by atoms with Crippen molar-refractivity contribution in [1.82, 2.24) is 10.2 Å². The molecule has 26 heavy (non-hydrogen) atoms. The molecule has 2 aliphatic rings. The largest absolute Gasteiger partial charge is 0.348 e. The molecule has 0 aliphatic carbocycles. The highest BCUT2D eigenvalue weighted by atomic mass is 16.2. The van der Waals surface area contributed by atoms with Gasteiger partial charge in [-0.05, 0) is 23.3 Å². The Labute approximate surface area is 151 Å². The molecule has 1 fully saturated rings. The van der Waals surface area contributed by atoms with E-state index in [4.69, 9.17) is 0 Å². The van der Waals surface area contributed by atoms with Crippen LogP contribution >= 0.6 is 0 Å². The van der Waals surface area contributed by atoms with Crippen molar-refractivity contribution in [3.05, 3.63) is 65.2 Å². The van der Waals surface area contributed by atoms with E-state index in [-0.39, 0.29) is 30.1 Å². The fourth-order valence-corrected chi connectivity index (χ4v) is 3.44. The molecular weight excluding hydrogens is 330 g/mol. The molecule has 1 atom stereocenters. The van der Waals surface area contributed by atoms with Gasteiger partial charge in [0.15, 0.2) is 0 Å². The van der Waals surface area contributed by atoms with Gasteiger partial charge >= 0.3 is 0 Å². The van der Waals surface area contributed by atoms with Crippen LogP contribution in [0.1, 0.15) is 27.9 Å². The maximum atomic E-state index is 12.5. The summed E-state index contributed by atoms with van der Waals surface area (Å²) in [6.45, 7) is 1.45. The Balaban J connectivity index is 1.41. The Morgan fingerprint density at radius 1 is 1.15 bits per heavy atom. The third-order valence-corrected chi connectivity index (χ3v) is 4.86. The Kier molecular flexibility index (Phi) is 4.16. The van der Waals surface area contributed by atoms with Gasteiger partial charge in [0.05, 0.1) is 5.92 Å². The molecule has 1 unspecified atom stereocenters. The smallest absolute Gasteiger partial charge is 0.251 e. The highest BCUT2D eigenvalue weighted by Gasteiger charge is 2.34. The molecule has 2 aromatic rings. The van der Waals surface area contributed by atoms with Crippen LogP contribution in [0.5, 0.6) is 0 Å². The molecule has 132 valence electrons. The summed E-state index contributed by atoms with van der Waals surface area (Å²) in [6.07, 6.45) is 0.212. The lowest BCUT2D eigenvalue weighted by Crippen LogP contribution is -2.28. The zero-order chi connectivity index (χ0) is 18.1. The zero-order valence-corrected chi connectivity index (χ0v) is 14.2. The minimum absolute atomic E-state index is 0.0117. The number of fused-ring (bicyclic) bond motifs is 1. The molecule has 0 saturated carbocycles. The molecule has 2 heterocycles. The molecule has 0 aromatic heterocycles.